The first-order chi connectivity index (χ1) is 9.24. The van der Waals surface area contributed by atoms with Gasteiger partial charge in [0.1, 0.15) is 18.1 Å². The smallest absolute Gasteiger partial charge is 0.134 e. The van der Waals surface area contributed by atoms with Crippen LogP contribution in [-0.4, -0.2) is 16.7 Å². The molecule has 0 saturated heterocycles. The van der Waals surface area contributed by atoms with Gasteiger partial charge in [-0.05, 0) is 40.5 Å². The molecule has 19 heavy (non-hydrogen) atoms. The molecule has 0 aliphatic heterocycles. The van der Waals surface area contributed by atoms with Crippen LogP contribution in [0.15, 0.2) is 35.2 Å². The minimum atomic E-state index is 0.505. The van der Waals surface area contributed by atoms with Crippen LogP contribution in [-0.2, 0) is 13.2 Å². The molecule has 0 atom stereocenters. The number of ether oxygens (including phenoxy) is 2. The van der Waals surface area contributed by atoms with Crippen LogP contribution in [0.3, 0.4) is 0 Å². The van der Waals surface area contributed by atoms with Gasteiger partial charge in [0, 0.05) is 6.54 Å². The zero-order valence-corrected chi connectivity index (χ0v) is 12.7. The van der Waals surface area contributed by atoms with E-state index < -0.39 is 0 Å². The minimum absolute atomic E-state index is 0.505. The first-order valence-electron chi connectivity index (χ1n) is 6.20. The maximum absolute atomic E-state index is 5.80. The number of hydrogen-bond donors (Lipinski definition) is 0. The summed E-state index contributed by atoms with van der Waals surface area (Å²) >= 11 is 3.47. The average molecular weight is 325 g/mol. The van der Waals surface area contributed by atoms with Crippen molar-refractivity contribution in [2.24, 2.45) is 0 Å². The number of methoxy groups -OCH3 is 1. The van der Waals surface area contributed by atoms with E-state index in [0.717, 1.165) is 34.6 Å². The highest BCUT2D eigenvalue weighted by Gasteiger charge is 2.06. The molecule has 0 saturated carbocycles. The SMILES string of the molecule is CCCn1cncc1COc1ccc(OC)cc1Br. The third kappa shape index (κ3) is 3.50. The largest absolute Gasteiger partial charge is 0.497 e. The van der Waals surface area contributed by atoms with E-state index in [1.165, 1.54) is 0 Å². The summed E-state index contributed by atoms with van der Waals surface area (Å²) in [5, 5.41) is 0. The lowest BCUT2D eigenvalue weighted by Gasteiger charge is -2.11. The van der Waals surface area contributed by atoms with Crippen molar-refractivity contribution in [3.8, 4) is 11.5 Å². The number of aryl methyl sites for hydroxylation is 1. The molecule has 1 aromatic carbocycles. The fourth-order valence-electron chi connectivity index (χ4n) is 1.79. The van der Waals surface area contributed by atoms with Crippen molar-refractivity contribution in [3.63, 3.8) is 0 Å². The minimum Gasteiger partial charge on any atom is -0.497 e. The topological polar surface area (TPSA) is 36.3 Å². The van der Waals surface area contributed by atoms with E-state index in [-0.39, 0.29) is 0 Å². The van der Waals surface area contributed by atoms with Crippen molar-refractivity contribution >= 4 is 15.9 Å². The molecule has 2 aromatic rings. The first kappa shape index (κ1) is 13.9. The van der Waals surface area contributed by atoms with Crippen molar-refractivity contribution < 1.29 is 9.47 Å². The van der Waals surface area contributed by atoms with Crippen LogP contribution < -0.4 is 9.47 Å². The van der Waals surface area contributed by atoms with Crippen LogP contribution in [0.1, 0.15) is 19.0 Å². The highest BCUT2D eigenvalue weighted by atomic mass is 79.9. The van der Waals surface area contributed by atoms with Crippen LogP contribution >= 0.6 is 15.9 Å². The first-order valence-corrected chi connectivity index (χ1v) is 6.99. The summed E-state index contributed by atoms with van der Waals surface area (Å²) in [6.45, 7) is 3.61. The van der Waals surface area contributed by atoms with Crippen molar-refractivity contribution in [2.75, 3.05) is 7.11 Å². The van der Waals surface area contributed by atoms with Gasteiger partial charge in [-0.25, -0.2) is 4.98 Å². The summed E-state index contributed by atoms with van der Waals surface area (Å²) in [5.74, 6) is 1.60. The molecule has 0 bridgehead atoms. The number of aromatic nitrogens is 2. The Balaban J connectivity index is 2.04. The molecule has 5 heteroatoms. The predicted octanol–water partition coefficient (Wildman–Crippen LogP) is 3.64. The zero-order chi connectivity index (χ0) is 13.7. The molecule has 0 radical (unpaired) electrons. The van der Waals surface area contributed by atoms with E-state index in [2.05, 4.69) is 32.4 Å². The number of hydrogen-bond acceptors (Lipinski definition) is 3. The highest BCUT2D eigenvalue weighted by Crippen LogP contribution is 2.29. The Morgan fingerprint density at radius 3 is 2.89 bits per heavy atom. The molecule has 4 nitrogen and oxygen atoms in total. The molecule has 2 rings (SSSR count). The maximum atomic E-state index is 5.80. The number of halogens is 1. The van der Waals surface area contributed by atoms with Gasteiger partial charge in [0.2, 0.25) is 0 Å². The van der Waals surface area contributed by atoms with Gasteiger partial charge in [-0.2, -0.15) is 0 Å². The molecule has 0 aliphatic carbocycles. The molecular weight excluding hydrogens is 308 g/mol. The number of rotatable bonds is 6. The van der Waals surface area contributed by atoms with E-state index in [9.17, 15) is 0 Å². The normalized spacial score (nSPS) is 10.5. The van der Waals surface area contributed by atoms with Gasteiger partial charge >= 0.3 is 0 Å². The van der Waals surface area contributed by atoms with E-state index in [1.807, 2.05) is 30.7 Å². The van der Waals surface area contributed by atoms with Crippen LogP contribution in [0, 0.1) is 0 Å². The van der Waals surface area contributed by atoms with E-state index in [0.29, 0.717) is 6.61 Å². The Bertz CT molecular complexity index is 540. The second-order valence-corrected chi connectivity index (χ2v) is 5.02. The molecule has 1 heterocycles. The van der Waals surface area contributed by atoms with E-state index >= 15 is 0 Å². The van der Waals surface area contributed by atoms with E-state index in [4.69, 9.17) is 9.47 Å². The highest BCUT2D eigenvalue weighted by molar-refractivity contribution is 9.10. The van der Waals surface area contributed by atoms with Crippen molar-refractivity contribution in [3.05, 3.63) is 40.9 Å². The average Bonchev–Trinajstić information content (AvgIpc) is 2.85. The third-order valence-electron chi connectivity index (χ3n) is 2.78. The summed E-state index contributed by atoms with van der Waals surface area (Å²) in [5.41, 5.74) is 1.07. The third-order valence-corrected chi connectivity index (χ3v) is 3.40. The van der Waals surface area contributed by atoms with Crippen LogP contribution in [0.2, 0.25) is 0 Å². The van der Waals surface area contributed by atoms with Gasteiger partial charge in [-0.1, -0.05) is 6.92 Å². The zero-order valence-electron chi connectivity index (χ0n) is 11.1. The maximum Gasteiger partial charge on any atom is 0.134 e. The van der Waals surface area contributed by atoms with Crippen molar-refractivity contribution in [1.29, 1.82) is 0 Å². The number of benzene rings is 1. The molecule has 0 amide bonds. The second-order valence-electron chi connectivity index (χ2n) is 4.16. The fourth-order valence-corrected chi connectivity index (χ4v) is 2.26. The second kappa shape index (κ2) is 6.61. The molecule has 0 N–H and O–H groups in total. The lowest BCUT2D eigenvalue weighted by molar-refractivity contribution is 0.292. The van der Waals surface area contributed by atoms with Crippen LogP contribution in [0.4, 0.5) is 0 Å². The van der Waals surface area contributed by atoms with Gasteiger partial charge in [-0.3, -0.25) is 0 Å². The number of nitrogens with zero attached hydrogens (tertiary/aromatic N) is 2. The Morgan fingerprint density at radius 2 is 2.21 bits per heavy atom. The summed E-state index contributed by atoms with van der Waals surface area (Å²) in [4.78, 5) is 4.15. The Kier molecular flexibility index (Phi) is 4.85. The van der Waals surface area contributed by atoms with Gasteiger partial charge in [-0.15, -0.1) is 0 Å². The lowest BCUT2D eigenvalue weighted by atomic mass is 10.3. The number of imidazole rings is 1. The molecule has 0 fully saturated rings. The van der Waals surface area contributed by atoms with Gasteiger partial charge in [0.15, 0.2) is 0 Å². The van der Waals surface area contributed by atoms with Crippen LogP contribution in [0.25, 0.3) is 0 Å². The molecule has 0 aliphatic rings. The Labute approximate surface area is 121 Å². The molecular formula is C14H17BrN2O2. The fraction of sp³-hybridized carbons (Fsp3) is 0.357. The Hall–Kier alpha value is -1.49. The predicted molar refractivity (Wildman–Crippen MR) is 77.5 cm³/mol. The van der Waals surface area contributed by atoms with E-state index in [1.54, 1.807) is 7.11 Å². The molecule has 0 spiro atoms. The molecule has 0 unspecified atom stereocenters. The molecule has 102 valence electrons. The van der Waals surface area contributed by atoms with Gasteiger partial charge in [0.25, 0.3) is 0 Å². The molecule has 1 aromatic heterocycles. The summed E-state index contributed by atoms with van der Waals surface area (Å²) in [6, 6.07) is 5.66. The van der Waals surface area contributed by atoms with Gasteiger partial charge in [0.05, 0.1) is 29.8 Å². The standard InChI is InChI=1S/C14H17BrN2O2/c1-3-6-17-10-16-8-11(17)9-19-14-5-4-12(18-2)7-13(14)15/h4-5,7-8,10H,3,6,9H2,1-2H3. The summed E-state index contributed by atoms with van der Waals surface area (Å²) < 4.78 is 13.9. The monoisotopic (exact) mass is 324 g/mol. The summed E-state index contributed by atoms with van der Waals surface area (Å²) in [7, 11) is 1.64. The van der Waals surface area contributed by atoms with Crippen molar-refractivity contribution in [2.45, 2.75) is 26.5 Å². The lowest BCUT2D eigenvalue weighted by Crippen LogP contribution is -2.05. The summed E-state index contributed by atoms with van der Waals surface area (Å²) in [6.07, 6.45) is 4.76. The van der Waals surface area contributed by atoms with Crippen molar-refractivity contribution in [1.82, 2.24) is 9.55 Å². The quantitative estimate of drug-likeness (QED) is 0.813. The Morgan fingerprint density at radius 1 is 1.37 bits per heavy atom. The van der Waals surface area contributed by atoms with Gasteiger partial charge < -0.3 is 14.0 Å². The van der Waals surface area contributed by atoms with Crippen LogP contribution in [0.5, 0.6) is 11.5 Å².